The standard InChI is InChI=1S/C57H55Si.3ClH.Ti/c1-40-27-41(2)29-54(28-40)58(57-44(5)42(3)43(4)45(57)6,55-36-50(30-46-19-11-7-12-20-46)34-51(37-55)31-47-21-13-8-14-22-47)56-38-52(32-48-23-15-9-16-24-48)35-53(39-56)33-49-25-17-10-18-26-49;;;;/h7-29,34-39H,30-33H2,1-6H3;3*1H;/q-1;;;;+4/p-3. The molecule has 8 rings (SSSR count). The Morgan fingerprint density at radius 1 is 0.323 bits per heavy atom. The molecule has 0 fully saturated rings. The molecule has 0 aliphatic rings. The van der Waals surface area contributed by atoms with Gasteiger partial charge in [0.1, 0.15) is 8.07 Å². The largest absolute Gasteiger partial charge is 4.00 e. The molecule has 0 heterocycles. The van der Waals surface area contributed by atoms with E-state index in [2.05, 4.69) is 217 Å². The van der Waals surface area contributed by atoms with Gasteiger partial charge in [0.2, 0.25) is 0 Å². The van der Waals surface area contributed by atoms with Crippen LogP contribution in [0.15, 0.2) is 176 Å². The fourth-order valence-electron chi connectivity index (χ4n) is 9.60. The van der Waals surface area contributed by atoms with Gasteiger partial charge in [-0.15, -0.1) is 5.19 Å². The second kappa shape index (κ2) is 22.4. The number of hydrogen-bond acceptors (Lipinski definition) is 0. The van der Waals surface area contributed by atoms with Gasteiger partial charge in [-0.25, -0.2) is 0 Å². The Morgan fingerprint density at radius 2 is 0.581 bits per heavy atom. The fraction of sp³-hybridized carbons (Fsp3) is 0.175. The molecule has 0 aromatic heterocycles. The van der Waals surface area contributed by atoms with Crippen molar-refractivity contribution in [2.24, 2.45) is 0 Å². The van der Waals surface area contributed by atoms with Gasteiger partial charge in [0.15, 0.2) is 0 Å². The van der Waals surface area contributed by atoms with Crippen LogP contribution in [0.4, 0.5) is 0 Å². The minimum atomic E-state index is -3.06. The second-order valence-electron chi connectivity index (χ2n) is 16.7. The van der Waals surface area contributed by atoms with Gasteiger partial charge in [0.05, 0.1) is 0 Å². The number of halogens is 3. The van der Waals surface area contributed by atoms with E-state index in [0.717, 1.165) is 25.7 Å². The third-order valence-corrected chi connectivity index (χ3v) is 17.4. The maximum absolute atomic E-state index is 3.06. The molecule has 0 unspecified atom stereocenters. The molecule has 0 N–H and O–H groups in total. The Kier molecular flexibility index (Phi) is 18.1. The van der Waals surface area contributed by atoms with E-state index >= 15 is 0 Å². The number of hydrogen-bond donors (Lipinski definition) is 0. The molecule has 5 heteroatoms. The first kappa shape index (κ1) is 50.3. The van der Waals surface area contributed by atoms with Gasteiger partial charge >= 0.3 is 21.7 Å². The third kappa shape index (κ3) is 10.9. The molecule has 0 atom stereocenters. The zero-order valence-corrected chi connectivity index (χ0v) is 41.5. The minimum absolute atomic E-state index is 0. The average Bonchev–Trinajstić information content (AvgIpc) is 3.41. The van der Waals surface area contributed by atoms with Crippen molar-refractivity contribution in [3.8, 4) is 0 Å². The summed E-state index contributed by atoms with van der Waals surface area (Å²) < 4.78 is 0. The summed E-state index contributed by atoms with van der Waals surface area (Å²) in [5.41, 5.74) is 19.2. The van der Waals surface area contributed by atoms with E-state index in [1.165, 1.54) is 93.4 Å². The Hall–Kier alpha value is -4.31. The van der Waals surface area contributed by atoms with E-state index in [-0.39, 0.29) is 58.9 Å². The van der Waals surface area contributed by atoms with Crippen molar-refractivity contribution >= 4 is 28.8 Å². The van der Waals surface area contributed by atoms with Gasteiger partial charge in [0, 0.05) is 0 Å². The van der Waals surface area contributed by atoms with Crippen molar-refractivity contribution in [3.05, 3.63) is 254 Å². The minimum Gasteiger partial charge on any atom is -1.00 e. The van der Waals surface area contributed by atoms with Crippen LogP contribution in [-0.2, 0) is 47.4 Å². The molecule has 0 amide bonds. The maximum atomic E-state index is 2.61. The first-order valence-corrected chi connectivity index (χ1v) is 22.9. The van der Waals surface area contributed by atoms with Crippen molar-refractivity contribution < 1.29 is 58.9 Å². The van der Waals surface area contributed by atoms with E-state index in [1.807, 2.05) is 0 Å². The summed E-state index contributed by atoms with van der Waals surface area (Å²) >= 11 is 0. The third-order valence-electron chi connectivity index (χ3n) is 12.4. The average molecular weight is 922 g/mol. The summed E-state index contributed by atoms with van der Waals surface area (Å²) in [5, 5.41) is 5.95. The Bertz CT molecular complexity index is 2380. The van der Waals surface area contributed by atoms with Gasteiger partial charge in [-0.1, -0.05) is 230 Å². The van der Waals surface area contributed by atoms with Crippen LogP contribution in [-0.4, -0.2) is 8.07 Å². The molecule has 8 aromatic carbocycles. The van der Waals surface area contributed by atoms with Crippen LogP contribution in [0.5, 0.6) is 0 Å². The van der Waals surface area contributed by atoms with E-state index in [1.54, 1.807) is 5.19 Å². The molecule has 8 aromatic rings. The summed E-state index contributed by atoms with van der Waals surface area (Å²) in [6.07, 6.45) is 3.55. The maximum Gasteiger partial charge on any atom is 4.00 e. The van der Waals surface area contributed by atoms with Crippen molar-refractivity contribution in [2.75, 3.05) is 0 Å². The summed E-state index contributed by atoms with van der Waals surface area (Å²) in [6, 6.07) is 67.0. The first-order valence-electron chi connectivity index (χ1n) is 20.9. The van der Waals surface area contributed by atoms with Crippen molar-refractivity contribution in [1.82, 2.24) is 0 Å². The molecule has 0 bridgehead atoms. The van der Waals surface area contributed by atoms with Crippen LogP contribution in [0.25, 0.3) is 0 Å². The van der Waals surface area contributed by atoms with E-state index in [4.69, 9.17) is 0 Å². The quantitative estimate of drug-likeness (QED) is 0.100. The van der Waals surface area contributed by atoms with Crippen LogP contribution < -0.4 is 58.0 Å². The van der Waals surface area contributed by atoms with E-state index in [0.29, 0.717) is 0 Å². The molecule has 0 nitrogen and oxygen atoms in total. The SMILES string of the molecule is Cc1cc(C)cc([Si](c2cc(Cc3ccccc3)cc(Cc3ccccc3)c2)(c2cc(Cc3ccccc3)cc(Cc3ccccc3)c2)[c-]2c(C)c(C)c(C)c2C)c1.[Cl-].[Cl-].[Cl-].[Ti+4]. The van der Waals surface area contributed by atoms with Crippen molar-refractivity contribution in [2.45, 2.75) is 67.2 Å². The predicted molar refractivity (Wildman–Crippen MR) is 251 cm³/mol. The number of aryl methyl sites for hydroxylation is 2. The summed E-state index contributed by atoms with van der Waals surface area (Å²) in [7, 11) is -3.06. The van der Waals surface area contributed by atoms with Gasteiger partial charge in [0.25, 0.3) is 0 Å². The van der Waals surface area contributed by atoms with Crippen LogP contribution in [0.3, 0.4) is 0 Å². The Morgan fingerprint density at radius 3 is 0.855 bits per heavy atom. The van der Waals surface area contributed by atoms with Gasteiger partial charge in [-0.3, -0.25) is 0 Å². The molecular weight excluding hydrogens is 867 g/mol. The number of benzene rings is 7. The molecule has 0 aliphatic carbocycles. The second-order valence-corrected chi connectivity index (χ2v) is 20.5. The normalized spacial score (nSPS) is 10.8. The van der Waals surface area contributed by atoms with Crippen LogP contribution in [0.2, 0.25) is 0 Å². The molecule has 0 radical (unpaired) electrons. The fourth-order valence-corrected chi connectivity index (χ4v) is 15.5. The van der Waals surface area contributed by atoms with Crippen LogP contribution in [0.1, 0.15) is 77.9 Å². The molecule has 312 valence electrons. The monoisotopic (exact) mass is 920 g/mol. The summed E-state index contributed by atoms with van der Waals surface area (Å²) in [4.78, 5) is 0. The summed E-state index contributed by atoms with van der Waals surface area (Å²) in [5.74, 6) is 0. The number of rotatable bonds is 12. The van der Waals surface area contributed by atoms with Gasteiger partial charge < -0.3 is 37.2 Å². The topological polar surface area (TPSA) is 0 Å². The molecule has 0 saturated heterocycles. The van der Waals surface area contributed by atoms with E-state index < -0.39 is 8.07 Å². The Labute approximate surface area is 405 Å². The van der Waals surface area contributed by atoms with Gasteiger partial charge in [-0.05, 0) is 84.0 Å². The Balaban J connectivity index is 0.00000211. The molecular formula is C57H55Cl3SiTi. The smallest absolute Gasteiger partial charge is 1.00 e. The van der Waals surface area contributed by atoms with Crippen molar-refractivity contribution in [3.63, 3.8) is 0 Å². The first-order chi connectivity index (χ1) is 28.2. The van der Waals surface area contributed by atoms with Crippen LogP contribution in [0, 0.1) is 41.5 Å². The zero-order valence-electron chi connectivity index (χ0n) is 36.7. The summed E-state index contributed by atoms with van der Waals surface area (Å²) in [6.45, 7) is 14.1. The molecule has 0 spiro atoms. The molecule has 62 heavy (non-hydrogen) atoms. The van der Waals surface area contributed by atoms with E-state index in [9.17, 15) is 0 Å². The zero-order chi connectivity index (χ0) is 40.2. The van der Waals surface area contributed by atoms with Crippen molar-refractivity contribution in [1.29, 1.82) is 0 Å². The van der Waals surface area contributed by atoms with Crippen LogP contribution >= 0.6 is 0 Å². The molecule has 0 saturated carbocycles. The molecule has 0 aliphatic heterocycles. The van der Waals surface area contributed by atoms with Gasteiger partial charge in [-0.2, -0.15) is 22.3 Å². The predicted octanol–water partition coefficient (Wildman–Crippen LogP) is 2.01.